The summed E-state index contributed by atoms with van der Waals surface area (Å²) in [5.41, 5.74) is 1.000. The Labute approximate surface area is 97.5 Å². The molecular formula is C14H21NO. The van der Waals surface area contributed by atoms with Crippen molar-refractivity contribution in [1.82, 2.24) is 0 Å². The number of aliphatic imine (C=N–C) groups is 1. The van der Waals surface area contributed by atoms with Crippen molar-refractivity contribution in [3.63, 3.8) is 0 Å². The van der Waals surface area contributed by atoms with Gasteiger partial charge >= 0.3 is 0 Å². The van der Waals surface area contributed by atoms with Crippen molar-refractivity contribution in [2.45, 2.75) is 51.9 Å². The number of hydrogen-bond acceptors (Lipinski definition) is 2. The highest BCUT2D eigenvalue weighted by molar-refractivity contribution is 5.33. The van der Waals surface area contributed by atoms with Crippen molar-refractivity contribution in [2.75, 3.05) is 6.54 Å². The van der Waals surface area contributed by atoms with Gasteiger partial charge in [0.05, 0.1) is 6.54 Å². The third-order valence-electron chi connectivity index (χ3n) is 5.53. The summed E-state index contributed by atoms with van der Waals surface area (Å²) in [6.07, 6.45) is 11.4. The Morgan fingerprint density at radius 2 is 1.81 bits per heavy atom. The molecule has 0 radical (unpaired) electrons. The monoisotopic (exact) mass is 219 g/mol. The molecule has 4 bridgehead atoms. The van der Waals surface area contributed by atoms with Crippen molar-refractivity contribution in [2.24, 2.45) is 27.7 Å². The van der Waals surface area contributed by atoms with Gasteiger partial charge in [-0.05, 0) is 61.2 Å². The summed E-state index contributed by atoms with van der Waals surface area (Å²) in [5.74, 6) is 1.87. The van der Waals surface area contributed by atoms with E-state index in [0.717, 1.165) is 18.4 Å². The van der Waals surface area contributed by atoms with E-state index in [1.54, 1.807) is 6.08 Å². The lowest BCUT2D eigenvalue weighted by Gasteiger charge is -2.62. The maximum atomic E-state index is 10.4. The molecule has 4 aliphatic rings. The quantitative estimate of drug-likeness (QED) is 0.529. The predicted molar refractivity (Wildman–Crippen MR) is 62.8 cm³/mol. The molecule has 2 nitrogen and oxygen atoms in total. The smallest absolute Gasteiger partial charge is 0.211 e. The van der Waals surface area contributed by atoms with Gasteiger partial charge in [0.2, 0.25) is 6.08 Å². The molecule has 4 saturated carbocycles. The highest BCUT2D eigenvalue weighted by Crippen LogP contribution is 2.66. The van der Waals surface area contributed by atoms with Crippen LogP contribution in [-0.4, -0.2) is 12.6 Å². The summed E-state index contributed by atoms with van der Waals surface area (Å²) >= 11 is 0. The number of isocyanates is 1. The molecule has 0 heterocycles. The Morgan fingerprint density at radius 3 is 2.38 bits per heavy atom. The lowest BCUT2D eigenvalue weighted by Crippen LogP contribution is -2.52. The first kappa shape index (κ1) is 10.5. The summed E-state index contributed by atoms with van der Waals surface area (Å²) in [6, 6.07) is 0. The second-order valence-corrected chi connectivity index (χ2v) is 6.72. The van der Waals surface area contributed by atoms with Crippen LogP contribution < -0.4 is 0 Å². The second kappa shape index (κ2) is 3.43. The molecule has 0 N–H and O–H groups in total. The normalized spacial score (nSPS) is 49.1. The standard InChI is InChI=1S/C14H21NO/c1-2-13-4-11-3-12(5-13)7-14(6-11,8-13)9-15-10-16/h11-12H,2-9H2,1H3. The first-order valence-electron chi connectivity index (χ1n) is 6.73. The lowest BCUT2D eigenvalue weighted by atomic mass is 9.43. The van der Waals surface area contributed by atoms with Crippen LogP contribution in [0, 0.1) is 22.7 Å². The maximum Gasteiger partial charge on any atom is 0.234 e. The van der Waals surface area contributed by atoms with Crippen LogP contribution in [0.1, 0.15) is 51.9 Å². The predicted octanol–water partition coefficient (Wildman–Crippen LogP) is 3.32. The number of hydrogen-bond donors (Lipinski definition) is 0. The van der Waals surface area contributed by atoms with Crippen LogP contribution in [0.2, 0.25) is 0 Å². The molecule has 2 unspecified atom stereocenters. The lowest BCUT2D eigenvalue weighted by molar-refractivity contribution is -0.107. The van der Waals surface area contributed by atoms with E-state index in [2.05, 4.69) is 11.9 Å². The summed E-state index contributed by atoms with van der Waals surface area (Å²) < 4.78 is 0. The molecule has 2 heteroatoms. The van der Waals surface area contributed by atoms with Gasteiger partial charge in [0.25, 0.3) is 0 Å². The first-order chi connectivity index (χ1) is 7.69. The van der Waals surface area contributed by atoms with E-state index in [1.165, 1.54) is 44.9 Å². The number of carbonyl (C=O) groups excluding carboxylic acids is 1. The van der Waals surface area contributed by atoms with Gasteiger partial charge in [0.1, 0.15) is 0 Å². The van der Waals surface area contributed by atoms with Gasteiger partial charge in [-0.2, -0.15) is 0 Å². The van der Waals surface area contributed by atoms with Crippen LogP contribution in [0.5, 0.6) is 0 Å². The second-order valence-electron chi connectivity index (χ2n) is 6.72. The molecule has 0 saturated heterocycles. The Kier molecular flexibility index (Phi) is 2.26. The Bertz CT molecular complexity index is 329. The molecule has 0 aromatic heterocycles. The zero-order valence-corrected chi connectivity index (χ0v) is 10.2. The highest BCUT2D eigenvalue weighted by Gasteiger charge is 2.56. The van der Waals surface area contributed by atoms with Crippen molar-refractivity contribution in [1.29, 1.82) is 0 Å². The molecule has 0 aliphatic heterocycles. The van der Waals surface area contributed by atoms with Crippen LogP contribution in [0.25, 0.3) is 0 Å². The Hall–Kier alpha value is -0.620. The minimum Gasteiger partial charge on any atom is -0.211 e. The number of nitrogens with zero attached hydrogens (tertiary/aromatic N) is 1. The van der Waals surface area contributed by atoms with Gasteiger partial charge in [-0.1, -0.05) is 13.3 Å². The van der Waals surface area contributed by atoms with Crippen molar-refractivity contribution >= 4 is 6.08 Å². The molecule has 4 rings (SSSR count). The minimum atomic E-state index is 0.386. The number of rotatable bonds is 3. The van der Waals surface area contributed by atoms with E-state index in [-0.39, 0.29) is 0 Å². The van der Waals surface area contributed by atoms with Crippen molar-refractivity contribution in [3.8, 4) is 0 Å². The SMILES string of the molecule is CCC12CC3CC(C1)CC(CN=C=O)(C3)C2. The van der Waals surface area contributed by atoms with E-state index in [4.69, 9.17) is 0 Å². The van der Waals surface area contributed by atoms with Gasteiger partial charge in [0.15, 0.2) is 0 Å². The summed E-state index contributed by atoms with van der Waals surface area (Å²) in [4.78, 5) is 14.3. The molecule has 0 spiro atoms. The van der Waals surface area contributed by atoms with Gasteiger partial charge in [0, 0.05) is 0 Å². The van der Waals surface area contributed by atoms with Crippen molar-refractivity contribution in [3.05, 3.63) is 0 Å². The third kappa shape index (κ3) is 1.47. The molecule has 4 aliphatic carbocycles. The van der Waals surface area contributed by atoms with Gasteiger partial charge in [-0.3, -0.25) is 0 Å². The fraction of sp³-hybridized carbons (Fsp3) is 0.929. The Morgan fingerprint density at radius 1 is 1.19 bits per heavy atom. The van der Waals surface area contributed by atoms with Gasteiger partial charge in [-0.15, -0.1) is 0 Å². The van der Waals surface area contributed by atoms with Gasteiger partial charge in [-0.25, -0.2) is 9.79 Å². The fourth-order valence-corrected chi connectivity index (χ4v) is 5.45. The highest BCUT2D eigenvalue weighted by atomic mass is 16.1. The summed E-state index contributed by atoms with van der Waals surface area (Å²) in [6.45, 7) is 3.11. The topological polar surface area (TPSA) is 29.4 Å². The van der Waals surface area contributed by atoms with E-state index in [9.17, 15) is 4.79 Å². The van der Waals surface area contributed by atoms with E-state index >= 15 is 0 Å². The molecule has 16 heavy (non-hydrogen) atoms. The molecule has 0 aromatic carbocycles. The van der Waals surface area contributed by atoms with E-state index in [0.29, 0.717) is 10.8 Å². The largest absolute Gasteiger partial charge is 0.234 e. The van der Waals surface area contributed by atoms with Crippen molar-refractivity contribution < 1.29 is 4.79 Å². The fourth-order valence-electron chi connectivity index (χ4n) is 5.45. The van der Waals surface area contributed by atoms with Crippen LogP contribution in [0.4, 0.5) is 0 Å². The minimum absolute atomic E-state index is 0.386. The molecular weight excluding hydrogens is 198 g/mol. The maximum absolute atomic E-state index is 10.4. The zero-order chi connectivity index (χ0) is 11.2. The first-order valence-corrected chi connectivity index (χ1v) is 6.73. The zero-order valence-electron chi connectivity index (χ0n) is 10.2. The molecule has 0 aromatic rings. The average Bonchev–Trinajstić information content (AvgIpc) is 2.25. The summed E-state index contributed by atoms with van der Waals surface area (Å²) in [5, 5.41) is 0. The van der Waals surface area contributed by atoms with Crippen LogP contribution in [0.3, 0.4) is 0 Å². The summed E-state index contributed by atoms with van der Waals surface area (Å²) in [7, 11) is 0. The third-order valence-corrected chi connectivity index (χ3v) is 5.53. The van der Waals surface area contributed by atoms with Crippen LogP contribution >= 0.6 is 0 Å². The van der Waals surface area contributed by atoms with E-state index in [1.807, 2.05) is 0 Å². The average molecular weight is 219 g/mol. The van der Waals surface area contributed by atoms with Gasteiger partial charge < -0.3 is 0 Å². The molecule has 4 fully saturated rings. The Balaban J connectivity index is 1.89. The van der Waals surface area contributed by atoms with Crippen LogP contribution in [0.15, 0.2) is 4.99 Å². The van der Waals surface area contributed by atoms with E-state index < -0.39 is 0 Å². The molecule has 88 valence electrons. The molecule has 2 atom stereocenters. The molecule has 0 amide bonds. The van der Waals surface area contributed by atoms with Crippen LogP contribution in [-0.2, 0) is 4.79 Å².